The normalized spacial score (nSPS) is 18.1. The monoisotopic (exact) mass is 287 g/mol. The molecule has 1 aliphatic carbocycles. The Hall–Kier alpha value is -0.820. The van der Waals surface area contributed by atoms with E-state index in [1.165, 1.54) is 49.8 Å². The molecule has 0 bridgehead atoms. The number of benzene rings is 1. The molecule has 1 heteroatoms. The molecule has 0 saturated heterocycles. The van der Waals surface area contributed by atoms with Crippen molar-refractivity contribution in [3.05, 3.63) is 35.4 Å². The summed E-state index contributed by atoms with van der Waals surface area (Å²) < 4.78 is 0. The lowest BCUT2D eigenvalue weighted by Gasteiger charge is -2.25. The summed E-state index contributed by atoms with van der Waals surface area (Å²) >= 11 is 0. The van der Waals surface area contributed by atoms with E-state index in [1.54, 1.807) is 0 Å². The van der Waals surface area contributed by atoms with Gasteiger partial charge in [0.2, 0.25) is 0 Å². The van der Waals surface area contributed by atoms with Gasteiger partial charge in [-0.05, 0) is 47.9 Å². The van der Waals surface area contributed by atoms with Crippen molar-refractivity contribution in [2.75, 3.05) is 13.1 Å². The largest absolute Gasteiger partial charge is 0.317 e. The van der Waals surface area contributed by atoms with E-state index in [4.69, 9.17) is 0 Å². The highest BCUT2D eigenvalue weighted by molar-refractivity contribution is 5.27. The summed E-state index contributed by atoms with van der Waals surface area (Å²) in [5.74, 6) is 1.75. The van der Waals surface area contributed by atoms with Gasteiger partial charge in [0.15, 0.2) is 0 Å². The predicted molar refractivity (Wildman–Crippen MR) is 92.8 cm³/mol. The molecule has 0 aromatic heterocycles. The molecule has 1 atom stereocenters. The summed E-state index contributed by atoms with van der Waals surface area (Å²) in [5, 5.41) is 3.58. The van der Waals surface area contributed by atoms with Crippen LogP contribution >= 0.6 is 0 Å². The second kappa shape index (κ2) is 7.45. The van der Waals surface area contributed by atoms with Crippen LogP contribution in [0.5, 0.6) is 0 Å². The molecule has 1 saturated carbocycles. The van der Waals surface area contributed by atoms with Crippen LogP contribution in [0, 0.1) is 11.8 Å². The van der Waals surface area contributed by atoms with Crippen molar-refractivity contribution in [2.45, 2.75) is 65.2 Å². The molecule has 0 aliphatic heterocycles. The molecular weight excluding hydrogens is 254 g/mol. The topological polar surface area (TPSA) is 12.0 Å². The Morgan fingerprint density at radius 2 is 1.71 bits per heavy atom. The fourth-order valence-corrected chi connectivity index (χ4v) is 3.61. The Morgan fingerprint density at radius 1 is 1.10 bits per heavy atom. The molecule has 0 amide bonds. The zero-order valence-corrected chi connectivity index (χ0v) is 14.4. The lowest BCUT2D eigenvalue weighted by atomic mass is 9.83. The van der Waals surface area contributed by atoms with Crippen LogP contribution in [0.1, 0.15) is 64.5 Å². The molecule has 0 spiro atoms. The lowest BCUT2D eigenvalue weighted by Crippen LogP contribution is -2.28. The van der Waals surface area contributed by atoms with Gasteiger partial charge in [0.05, 0.1) is 0 Å². The maximum absolute atomic E-state index is 3.58. The summed E-state index contributed by atoms with van der Waals surface area (Å²) in [6, 6.07) is 9.37. The fraction of sp³-hybridized carbons (Fsp3) is 0.700. The van der Waals surface area contributed by atoms with Crippen molar-refractivity contribution in [2.24, 2.45) is 11.8 Å². The number of nitrogens with one attached hydrogen (secondary N) is 1. The van der Waals surface area contributed by atoms with Crippen LogP contribution in [-0.2, 0) is 11.8 Å². The third-order valence-electron chi connectivity index (χ3n) is 5.04. The van der Waals surface area contributed by atoms with E-state index < -0.39 is 0 Å². The van der Waals surface area contributed by atoms with Gasteiger partial charge in [-0.3, -0.25) is 0 Å². The molecule has 1 aromatic rings. The van der Waals surface area contributed by atoms with E-state index in [0.717, 1.165) is 18.4 Å². The zero-order valence-electron chi connectivity index (χ0n) is 14.4. The quantitative estimate of drug-likeness (QED) is 0.781. The van der Waals surface area contributed by atoms with Gasteiger partial charge < -0.3 is 5.32 Å². The minimum Gasteiger partial charge on any atom is -0.317 e. The molecule has 1 aliphatic rings. The molecule has 1 unspecified atom stereocenters. The van der Waals surface area contributed by atoms with E-state index in [2.05, 4.69) is 57.3 Å². The minimum atomic E-state index is 0.257. The van der Waals surface area contributed by atoms with Crippen LogP contribution in [0.15, 0.2) is 24.3 Å². The van der Waals surface area contributed by atoms with Gasteiger partial charge in [-0.25, -0.2) is 0 Å². The van der Waals surface area contributed by atoms with Crippen molar-refractivity contribution in [3.63, 3.8) is 0 Å². The molecule has 1 nitrogen and oxygen atoms in total. The zero-order chi connectivity index (χ0) is 15.3. The van der Waals surface area contributed by atoms with Gasteiger partial charge >= 0.3 is 0 Å². The van der Waals surface area contributed by atoms with Gasteiger partial charge in [-0.1, -0.05) is 77.6 Å². The van der Waals surface area contributed by atoms with Gasteiger partial charge in [0.1, 0.15) is 0 Å². The number of rotatable bonds is 6. The predicted octanol–water partition coefficient (Wildman–Crippen LogP) is 4.94. The summed E-state index contributed by atoms with van der Waals surface area (Å²) in [5.41, 5.74) is 3.21. The first-order valence-corrected chi connectivity index (χ1v) is 8.81. The molecule has 1 fully saturated rings. The van der Waals surface area contributed by atoms with Gasteiger partial charge in [-0.2, -0.15) is 0 Å². The molecule has 0 radical (unpaired) electrons. The average Bonchev–Trinajstić information content (AvgIpc) is 2.97. The second-order valence-electron chi connectivity index (χ2n) is 7.76. The van der Waals surface area contributed by atoms with Crippen molar-refractivity contribution >= 4 is 0 Å². The Balaban J connectivity index is 2.01. The highest BCUT2D eigenvalue weighted by Crippen LogP contribution is 2.33. The van der Waals surface area contributed by atoms with E-state index >= 15 is 0 Å². The van der Waals surface area contributed by atoms with Crippen molar-refractivity contribution in [1.82, 2.24) is 5.32 Å². The Bertz CT molecular complexity index is 406. The first-order valence-electron chi connectivity index (χ1n) is 8.81. The maximum Gasteiger partial charge on any atom is -0.00148 e. The lowest BCUT2D eigenvalue weighted by molar-refractivity contribution is 0.323. The Labute approximate surface area is 131 Å². The third kappa shape index (κ3) is 4.85. The van der Waals surface area contributed by atoms with E-state index in [9.17, 15) is 0 Å². The molecule has 21 heavy (non-hydrogen) atoms. The Morgan fingerprint density at radius 3 is 2.24 bits per heavy atom. The van der Waals surface area contributed by atoms with E-state index in [0.29, 0.717) is 0 Å². The van der Waals surface area contributed by atoms with Crippen LogP contribution in [0.25, 0.3) is 0 Å². The summed E-state index contributed by atoms with van der Waals surface area (Å²) in [4.78, 5) is 0. The smallest absolute Gasteiger partial charge is 0.00148 e. The highest BCUT2D eigenvalue weighted by Gasteiger charge is 2.25. The van der Waals surface area contributed by atoms with Crippen molar-refractivity contribution in [3.8, 4) is 0 Å². The number of hydrogen-bond donors (Lipinski definition) is 1. The summed E-state index contributed by atoms with van der Waals surface area (Å²) in [6.07, 6.45) is 7.00. The molecule has 1 N–H and O–H groups in total. The van der Waals surface area contributed by atoms with Crippen LogP contribution in [0.2, 0.25) is 0 Å². The van der Waals surface area contributed by atoms with Crippen LogP contribution in [0.4, 0.5) is 0 Å². The van der Waals surface area contributed by atoms with Crippen molar-refractivity contribution < 1.29 is 0 Å². The van der Waals surface area contributed by atoms with Crippen LogP contribution in [-0.4, -0.2) is 13.1 Å². The van der Waals surface area contributed by atoms with Gasteiger partial charge in [0.25, 0.3) is 0 Å². The first-order chi connectivity index (χ1) is 10.0. The number of hydrogen-bond acceptors (Lipinski definition) is 1. The minimum absolute atomic E-state index is 0.257. The molecule has 118 valence electrons. The Kier molecular flexibility index (Phi) is 5.87. The molecule has 0 heterocycles. The maximum atomic E-state index is 3.58. The van der Waals surface area contributed by atoms with Crippen LogP contribution in [0.3, 0.4) is 0 Å². The first kappa shape index (κ1) is 16.5. The molecule has 1 aromatic carbocycles. The third-order valence-corrected chi connectivity index (χ3v) is 5.04. The molecule has 2 rings (SSSR count). The van der Waals surface area contributed by atoms with E-state index in [-0.39, 0.29) is 5.41 Å². The molecular formula is C20H33N. The summed E-state index contributed by atoms with van der Waals surface area (Å²) in [7, 11) is 0. The fourth-order valence-electron chi connectivity index (χ4n) is 3.61. The van der Waals surface area contributed by atoms with Crippen molar-refractivity contribution in [1.29, 1.82) is 0 Å². The highest BCUT2D eigenvalue weighted by atomic mass is 14.8. The van der Waals surface area contributed by atoms with Gasteiger partial charge in [0, 0.05) is 0 Å². The average molecular weight is 287 g/mol. The van der Waals surface area contributed by atoms with Gasteiger partial charge in [-0.15, -0.1) is 0 Å². The SMILES string of the molecule is CCNCC(Cc1ccc(C(C)(C)C)cc1)C1CCCC1. The van der Waals surface area contributed by atoms with Crippen LogP contribution < -0.4 is 5.32 Å². The standard InChI is InChI=1S/C20H33N/c1-5-21-15-18(17-8-6-7-9-17)14-16-10-12-19(13-11-16)20(2,3)4/h10-13,17-18,21H,5-9,14-15H2,1-4H3. The second-order valence-corrected chi connectivity index (χ2v) is 7.76. The van der Waals surface area contributed by atoms with E-state index in [1.807, 2.05) is 0 Å². The summed E-state index contributed by atoms with van der Waals surface area (Å²) in [6.45, 7) is 11.3.